The summed E-state index contributed by atoms with van der Waals surface area (Å²) < 4.78 is 37.7. The van der Waals surface area contributed by atoms with E-state index in [9.17, 15) is 28.8 Å². The molecule has 50 heavy (non-hydrogen) atoms. The van der Waals surface area contributed by atoms with Crippen molar-refractivity contribution in [1.29, 1.82) is 0 Å². The first-order chi connectivity index (χ1) is 23.4. The van der Waals surface area contributed by atoms with Gasteiger partial charge in [0.15, 0.2) is 22.8 Å². The molecule has 7 rings (SSSR count). The average Bonchev–Trinajstić information content (AvgIpc) is 3.88. The van der Waals surface area contributed by atoms with Crippen molar-refractivity contribution in [1.82, 2.24) is 0 Å². The molecule has 0 spiro atoms. The van der Waals surface area contributed by atoms with Gasteiger partial charge < -0.3 is 28.4 Å². The number of carbonyl (C=O) groups is 6. The molecule has 0 aromatic heterocycles. The number of ketones is 4. The summed E-state index contributed by atoms with van der Waals surface area (Å²) >= 11 is 0. The van der Waals surface area contributed by atoms with Crippen LogP contribution in [-0.2, 0) is 57.2 Å². The Morgan fingerprint density at radius 3 is 1.34 bits per heavy atom. The van der Waals surface area contributed by atoms with Crippen LogP contribution in [0.3, 0.4) is 0 Å². The first-order valence-electron chi connectivity index (χ1n) is 18.0. The molecule has 7 saturated heterocycles. The van der Waals surface area contributed by atoms with E-state index in [4.69, 9.17) is 28.4 Å². The van der Waals surface area contributed by atoms with E-state index in [1.807, 2.05) is 13.8 Å². The number of allylic oxidation sites excluding steroid dienone is 2. The van der Waals surface area contributed by atoms with Gasteiger partial charge >= 0.3 is 11.9 Å². The van der Waals surface area contributed by atoms with Crippen molar-refractivity contribution in [3.8, 4) is 0 Å². The average molecular weight is 697 g/mol. The van der Waals surface area contributed by atoms with Crippen molar-refractivity contribution >= 4 is 35.1 Å². The number of rotatable bonds is 2. The molecule has 8 bridgehead atoms. The normalized spacial score (nSPS) is 46.6. The van der Waals surface area contributed by atoms with Gasteiger partial charge in [0.2, 0.25) is 0 Å². The van der Waals surface area contributed by atoms with Gasteiger partial charge in [-0.2, -0.15) is 0 Å². The third-order valence-electron chi connectivity index (χ3n) is 12.2. The third-order valence-corrected chi connectivity index (χ3v) is 12.2. The zero-order valence-electron chi connectivity index (χ0n) is 29.4. The van der Waals surface area contributed by atoms with E-state index in [1.54, 1.807) is 13.8 Å². The fourth-order valence-electron chi connectivity index (χ4n) is 9.19. The van der Waals surface area contributed by atoms with Crippen molar-refractivity contribution in [2.75, 3.05) is 0 Å². The lowest BCUT2D eigenvalue weighted by molar-refractivity contribution is -0.166. The summed E-state index contributed by atoms with van der Waals surface area (Å²) in [6, 6.07) is 0. The Hall–Kier alpha value is -3.06. The maximum Gasteiger partial charge on any atom is 0.341 e. The van der Waals surface area contributed by atoms with Crippen molar-refractivity contribution in [2.24, 2.45) is 11.8 Å². The van der Waals surface area contributed by atoms with Gasteiger partial charge in [-0.1, -0.05) is 24.3 Å². The number of fused-ring (bicyclic) bond motifs is 4. The van der Waals surface area contributed by atoms with Crippen molar-refractivity contribution in [3.63, 3.8) is 0 Å². The van der Waals surface area contributed by atoms with E-state index >= 15 is 0 Å². The highest BCUT2D eigenvalue weighted by Crippen LogP contribution is 2.55. The number of epoxide rings is 2. The number of carbonyl (C=O) groups excluding carboxylic acids is 6. The maximum absolute atomic E-state index is 14.5. The fourth-order valence-corrected chi connectivity index (χ4v) is 9.19. The van der Waals surface area contributed by atoms with E-state index < -0.39 is 71.0 Å². The van der Waals surface area contributed by atoms with E-state index in [2.05, 4.69) is 13.2 Å². The van der Waals surface area contributed by atoms with Crippen LogP contribution in [0.15, 0.2) is 24.3 Å². The van der Waals surface area contributed by atoms with Crippen LogP contribution in [0.1, 0.15) is 105 Å². The SMILES string of the molecule is C=C(C)[C@H]1CC[C@]23O[C@@H]2[C@H](C[C@@]2(C)CC(=O)[C@H](CC(=O)C1)O2)OC(=O)[C@]12CC[C@H](C(=C)C)CC(=O)C[C@@H]4O[C@](C)(CC4=O)C[C@H](OC3=O)[C@@H]1O2. The van der Waals surface area contributed by atoms with Crippen LogP contribution in [0.25, 0.3) is 0 Å². The fraction of sp³-hybridized carbons (Fsp3) is 0.737. The Labute approximate surface area is 291 Å². The summed E-state index contributed by atoms with van der Waals surface area (Å²) in [5, 5.41) is 0. The predicted octanol–water partition coefficient (Wildman–Crippen LogP) is 3.78. The molecule has 0 saturated carbocycles. The molecule has 12 nitrogen and oxygen atoms in total. The lowest BCUT2D eigenvalue weighted by Crippen LogP contribution is -2.48. The highest BCUT2D eigenvalue weighted by molar-refractivity contribution is 5.93. The molecule has 7 heterocycles. The van der Waals surface area contributed by atoms with Crippen LogP contribution in [0.2, 0.25) is 0 Å². The second kappa shape index (κ2) is 12.3. The molecule has 0 N–H and O–H groups in total. The van der Waals surface area contributed by atoms with Gasteiger partial charge in [-0.25, -0.2) is 9.59 Å². The first kappa shape index (κ1) is 35.3. The van der Waals surface area contributed by atoms with Crippen molar-refractivity contribution in [2.45, 2.75) is 164 Å². The second-order valence-electron chi connectivity index (χ2n) is 16.6. The molecule has 7 aliphatic heterocycles. The zero-order valence-corrected chi connectivity index (χ0v) is 29.4. The molecule has 12 heteroatoms. The highest BCUT2D eigenvalue weighted by atomic mass is 16.7. The molecule has 0 aromatic carbocycles. The van der Waals surface area contributed by atoms with Gasteiger partial charge in [-0.3, -0.25) is 19.2 Å². The van der Waals surface area contributed by atoms with Crippen LogP contribution in [-0.4, -0.2) is 94.1 Å². The number of hydrogen-bond acceptors (Lipinski definition) is 12. The lowest BCUT2D eigenvalue weighted by Gasteiger charge is -2.32. The number of hydrogen-bond donors (Lipinski definition) is 0. The van der Waals surface area contributed by atoms with Crippen LogP contribution in [0.4, 0.5) is 0 Å². The van der Waals surface area contributed by atoms with Gasteiger partial charge in [0.05, 0.1) is 11.2 Å². The van der Waals surface area contributed by atoms with Crippen molar-refractivity contribution < 1.29 is 57.2 Å². The molecule has 0 radical (unpaired) electrons. The zero-order chi connectivity index (χ0) is 36.0. The molecule has 272 valence electrons. The lowest BCUT2D eigenvalue weighted by atomic mass is 9.81. The predicted molar refractivity (Wildman–Crippen MR) is 174 cm³/mol. The van der Waals surface area contributed by atoms with E-state index in [1.165, 1.54) is 0 Å². The molecule has 7 aliphatic rings. The van der Waals surface area contributed by atoms with Gasteiger partial charge in [-0.15, -0.1) is 0 Å². The summed E-state index contributed by atoms with van der Waals surface area (Å²) in [4.78, 5) is 81.6. The minimum atomic E-state index is -1.50. The Morgan fingerprint density at radius 1 is 0.600 bits per heavy atom. The quantitative estimate of drug-likeness (QED) is 0.234. The van der Waals surface area contributed by atoms with Crippen LogP contribution < -0.4 is 0 Å². The Morgan fingerprint density at radius 2 is 0.980 bits per heavy atom. The second-order valence-corrected chi connectivity index (χ2v) is 16.6. The third kappa shape index (κ3) is 6.34. The van der Waals surface area contributed by atoms with Gasteiger partial charge in [0, 0.05) is 51.4 Å². The molecule has 0 unspecified atom stereocenters. The van der Waals surface area contributed by atoms with E-state index in [0.717, 1.165) is 11.1 Å². The number of Topliss-reactive ketones (excluding diaryl/α,β-unsaturated/α-hetero) is 4. The van der Waals surface area contributed by atoms with Crippen molar-refractivity contribution in [3.05, 3.63) is 24.3 Å². The van der Waals surface area contributed by atoms with Crippen LogP contribution in [0.5, 0.6) is 0 Å². The van der Waals surface area contributed by atoms with Crippen LogP contribution >= 0.6 is 0 Å². The summed E-state index contributed by atoms with van der Waals surface area (Å²) in [5.41, 5.74) is -3.67. The van der Waals surface area contributed by atoms with E-state index in [0.29, 0.717) is 12.8 Å². The molecule has 0 aromatic rings. The largest absolute Gasteiger partial charge is 0.457 e. The molecule has 12 atom stereocenters. The summed E-state index contributed by atoms with van der Waals surface area (Å²) in [7, 11) is 0. The van der Waals surface area contributed by atoms with Gasteiger partial charge in [0.1, 0.15) is 48.2 Å². The maximum atomic E-state index is 14.5. The standard InChI is InChI=1S/C38H48O12/c1-19(2)21-7-9-37-31(49-37)29(17-35(5)15-25(41)27(47-35)13-23(39)11-21)46-34(44)38-10-8-22(20(3)4)12-24(40)14-28-26(42)16-36(6,48-28)18-30(32(38)50-38)45-33(37)43/h21-22,27-32H,1,3,7-18H2,2,4-6H3/t21-,22-,27-,28-,29-,30-,31-,32+,35+,36+,37-,38-/m0/s1. The van der Waals surface area contributed by atoms with Crippen LogP contribution in [0, 0.1) is 11.8 Å². The number of esters is 2. The minimum absolute atomic E-state index is 0.00599. The molecule has 0 amide bonds. The highest BCUT2D eigenvalue weighted by Gasteiger charge is 2.74. The Balaban J connectivity index is 1.28. The van der Waals surface area contributed by atoms with Gasteiger partial charge in [-0.05, 0) is 65.2 Å². The Bertz CT molecular complexity index is 1450. The summed E-state index contributed by atoms with van der Waals surface area (Å²) in [6.45, 7) is 15.3. The monoisotopic (exact) mass is 696 g/mol. The Kier molecular flexibility index (Phi) is 8.68. The summed E-state index contributed by atoms with van der Waals surface area (Å²) in [5.74, 6) is -2.58. The smallest absolute Gasteiger partial charge is 0.341 e. The topological polar surface area (TPSA) is 164 Å². The van der Waals surface area contributed by atoms with Gasteiger partial charge in [0.25, 0.3) is 0 Å². The number of ether oxygens (including phenoxy) is 6. The molecular formula is C38H48O12. The first-order valence-corrected chi connectivity index (χ1v) is 18.0. The minimum Gasteiger partial charge on any atom is -0.457 e. The molecular weight excluding hydrogens is 648 g/mol. The summed E-state index contributed by atoms with van der Waals surface area (Å²) in [6.07, 6.45) is -4.32. The molecule has 7 fully saturated rings. The van der Waals surface area contributed by atoms with E-state index in [-0.39, 0.29) is 99.2 Å². The molecule has 0 aliphatic carbocycles.